The van der Waals surface area contributed by atoms with Crippen molar-refractivity contribution in [1.29, 1.82) is 0 Å². The number of hydrogen-bond donors (Lipinski definition) is 0. The molecule has 2 aromatic heterocycles. The smallest absolute Gasteiger partial charge is 0.143 e. The van der Waals surface area contributed by atoms with Crippen LogP contribution in [0.4, 0.5) is 17.1 Å². The second kappa shape index (κ2) is 12.6. The zero-order valence-electron chi connectivity index (χ0n) is 29.8. The fourth-order valence-electron chi connectivity index (χ4n) is 8.15. The molecule has 0 N–H and O–H groups in total. The van der Waals surface area contributed by atoms with E-state index in [2.05, 4.69) is 193 Å². The number of furan rings is 2. The van der Waals surface area contributed by atoms with E-state index >= 15 is 0 Å². The van der Waals surface area contributed by atoms with E-state index in [0.717, 1.165) is 88.6 Å². The number of para-hydroxylation sites is 2. The summed E-state index contributed by atoms with van der Waals surface area (Å²) >= 11 is 0. The molecule has 0 fully saturated rings. The maximum atomic E-state index is 6.52. The molecule has 9 aromatic carbocycles. The molecule has 0 atom stereocenters. The number of rotatable bonds is 6. The summed E-state index contributed by atoms with van der Waals surface area (Å²) in [7, 11) is 0. The molecule has 0 bridgehead atoms. The average Bonchev–Trinajstić information content (AvgIpc) is 3.83. The summed E-state index contributed by atoms with van der Waals surface area (Å²) in [6.07, 6.45) is 0. The minimum absolute atomic E-state index is 0.893. The molecule has 3 nitrogen and oxygen atoms in total. The van der Waals surface area contributed by atoms with E-state index in [1.54, 1.807) is 0 Å². The molecule has 0 saturated carbocycles. The van der Waals surface area contributed by atoms with E-state index in [9.17, 15) is 0 Å². The summed E-state index contributed by atoms with van der Waals surface area (Å²) in [6.45, 7) is 0. The summed E-state index contributed by atoms with van der Waals surface area (Å²) in [4.78, 5) is 2.33. The molecule has 11 rings (SSSR count). The van der Waals surface area contributed by atoms with Crippen molar-refractivity contribution in [3.63, 3.8) is 0 Å². The van der Waals surface area contributed by atoms with E-state index < -0.39 is 0 Å². The Bertz CT molecular complexity index is 3190. The van der Waals surface area contributed by atoms with Gasteiger partial charge < -0.3 is 13.7 Å². The Labute approximate surface area is 317 Å². The number of benzene rings is 9. The third kappa shape index (κ3) is 5.28. The van der Waals surface area contributed by atoms with E-state index in [1.807, 2.05) is 12.1 Å². The van der Waals surface area contributed by atoms with Gasteiger partial charge in [0.1, 0.15) is 22.3 Å². The quantitative estimate of drug-likeness (QED) is 0.173. The number of anilines is 3. The third-order valence-corrected chi connectivity index (χ3v) is 10.9. The highest BCUT2D eigenvalue weighted by Gasteiger charge is 2.17. The zero-order chi connectivity index (χ0) is 36.3. The first-order chi connectivity index (χ1) is 27.2. The van der Waals surface area contributed by atoms with Crippen molar-refractivity contribution < 1.29 is 8.83 Å². The van der Waals surface area contributed by atoms with Crippen molar-refractivity contribution in [2.45, 2.75) is 0 Å². The molecule has 2 heterocycles. The Morgan fingerprint density at radius 3 is 1.67 bits per heavy atom. The van der Waals surface area contributed by atoms with Crippen LogP contribution in [0.2, 0.25) is 0 Å². The maximum absolute atomic E-state index is 6.52. The van der Waals surface area contributed by atoms with Crippen LogP contribution in [0.5, 0.6) is 0 Å². The Kier molecular flexibility index (Phi) is 7.17. The van der Waals surface area contributed by atoms with Crippen LogP contribution < -0.4 is 4.90 Å². The lowest BCUT2D eigenvalue weighted by molar-refractivity contribution is 0.670. The van der Waals surface area contributed by atoms with Gasteiger partial charge >= 0.3 is 0 Å². The Hall–Kier alpha value is -7.36. The summed E-state index contributed by atoms with van der Waals surface area (Å²) < 4.78 is 13.0. The largest absolute Gasteiger partial charge is 0.455 e. The lowest BCUT2D eigenvalue weighted by atomic mass is 10.0. The lowest BCUT2D eigenvalue weighted by Gasteiger charge is -2.26. The molecule has 55 heavy (non-hydrogen) atoms. The van der Waals surface area contributed by atoms with Gasteiger partial charge in [-0.05, 0) is 93.9 Å². The standard InChI is InChI=1S/C52H33NO2/c1-2-10-34(11-3-1)35-20-26-40(27-21-35)53(42-14-8-13-39(32-42)44-17-9-18-47-45-16-6-7-19-49(45)54-52(44)47)41-28-22-36(23-29-41)38-25-30-46-48-31-24-37-12-4-5-15-43(37)51(48)55-50(46)33-38/h1-33H. The molecule has 3 heteroatoms. The van der Waals surface area contributed by atoms with E-state index in [4.69, 9.17) is 8.83 Å². The third-order valence-electron chi connectivity index (χ3n) is 10.9. The summed E-state index contributed by atoms with van der Waals surface area (Å²) in [5.41, 5.74) is 13.6. The van der Waals surface area contributed by atoms with E-state index in [0.29, 0.717) is 0 Å². The fourth-order valence-corrected chi connectivity index (χ4v) is 8.15. The molecule has 258 valence electrons. The zero-order valence-corrected chi connectivity index (χ0v) is 29.8. The summed E-state index contributed by atoms with van der Waals surface area (Å²) in [6, 6.07) is 70.9. The lowest BCUT2D eigenvalue weighted by Crippen LogP contribution is -2.10. The van der Waals surface area contributed by atoms with Gasteiger partial charge in [0.05, 0.1) is 0 Å². The number of hydrogen-bond acceptors (Lipinski definition) is 3. The number of fused-ring (bicyclic) bond motifs is 8. The Morgan fingerprint density at radius 2 is 0.855 bits per heavy atom. The molecule has 0 aliphatic heterocycles. The van der Waals surface area contributed by atoms with Crippen molar-refractivity contribution in [1.82, 2.24) is 0 Å². The van der Waals surface area contributed by atoms with Gasteiger partial charge in [-0.25, -0.2) is 0 Å². The molecular weight excluding hydrogens is 671 g/mol. The Morgan fingerprint density at radius 1 is 0.291 bits per heavy atom. The molecule has 0 saturated heterocycles. The normalized spacial score (nSPS) is 11.6. The molecule has 0 amide bonds. The Balaban J connectivity index is 1.00. The molecule has 0 radical (unpaired) electrons. The van der Waals surface area contributed by atoms with Gasteiger partial charge in [-0.3, -0.25) is 0 Å². The van der Waals surface area contributed by atoms with Gasteiger partial charge in [0, 0.05) is 49.6 Å². The SMILES string of the molecule is c1ccc(-c2ccc(N(c3ccc(-c4ccc5c(c4)oc4c6ccccc6ccc54)cc3)c3cccc(-c4cccc5c4oc4ccccc45)c3)cc2)cc1. The van der Waals surface area contributed by atoms with E-state index in [1.165, 1.54) is 16.5 Å². The van der Waals surface area contributed by atoms with Gasteiger partial charge in [0.25, 0.3) is 0 Å². The second-order valence-electron chi connectivity index (χ2n) is 14.1. The van der Waals surface area contributed by atoms with Crippen molar-refractivity contribution in [2.75, 3.05) is 4.90 Å². The van der Waals surface area contributed by atoms with Crippen LogP contribution in [0.3, 0.4) is 0 Å². The fraction of sp³-hybridized carbons (Fsp3) is 0. The van der Waals surface area contributed by atoms with Crippen LogP contribution >= 0.6 is 0 Å². The van der Waals surface area contributed by atoms with Gasteiger partial charge in [0.2, 0.25) is 0 Å². The predicted octanol–water partition coefficient (Wildman–Crippen LogP) is 15.1. The van der Waals surface area contributed by atoms with Crippen molar-refractivity contribution in [2.24, 2.45) is 0 Å². The highest BCUT2D eigenvalue weighted by atomic mass is 16.3. The first-order valence-electron chi connectivity index (χ1n) is 18.7. The van der Waals surface area contributed by atoms with Crippen LogP contribution in [-0.4, -0.2) is 0 Å². The van der Waals surface area contributed by atoms with E-state index in [-0.39, 0.29) is 0 Å². The molecule has 0 aliphatic carbocycles. The molecule has 11 aromatic rings. The van der Waals surface area contributed by atoms with Gasteiger partial charge in [-0.15, -0.1) is 0 Å². The molecular formula is C52H33NO2. The van der Waals surface area contributed by atoms with Crippen LogP contribution in [0, 0.1) is 0 Å². The molecule has 0 unspecified atom stereocenters. The summed E-state index contributed by atoms with van der Waals surface area (Å²) in [5, 5.41) is 6.84. The monoisotopic (exact) mass is 703 g/mol. The summed E-state index contributed by atoms with van der Waals surface area (Å²) in [5.74, 6) is 0. The van der Waals surface area contributed by atoms with Crippen molar-refractivity contribution >= 4 is 71.7 Å². The van der Waals surface area contributed by atoms with Gasteiger partial charge in [0.15, 0.2) is 0 Å². The highest BCUT2D eigenvalue weighted by molar-refractivity contribution is 6.15. The minimum atomic E-state index is 0.893. The van der Waals surface area contributed by atoms with Crippen molar-refractivity contribution in [3.8, 4) is 33.4 Å². The first-order valence-corrected chi connectivity index (χ1v) is 18.7. The predicted molar refractivity (Wildman–Crippen MR) is 229 cm³/mol. The minimum Gasteiger partial charge on any atom is -0.455 e. The first kappa shape index (κ1) is 31.2. The molecule has 0 aliphatic rings. The van der Waals surface area contributed by atoms with Crippen LogP contribution in [-0.2, 0) is 0 Å². The highest BCUT2D eigenvalue weighted by Crippen LogP contribution is 2.42. The maximum Gasteiger partial charge on any atom is 0.143 e. The van der Waals surface area contributed by atoms with Crippen LogP contribution in [0.1, 0.15) is 0 Å². The second-order valence-corrected chi connectivity index (χ2v) is 14.1. The van der Waals surface area contributed by atoms with Crippen LogP contribution in [0.25, 0.3) is 88.0 Å². The van der Waals surface area contributed by atoms with Gasteiger partial charge in [-0.2, -0.15) is 0 Å². The van der Waals surface area contributed by atoms with Crippen molar-refractivity contribution in [3.05, 3.63) is 200 Å². The average molecular weight is 704 g/mol. The number of nitrogens with zero attached hydrogens (tertiary/aromatic N) is 1. The van der Waals surface area contributed by atoms with Gasteiger partial charge in [-0.1, -0.05) is 140 Å². The topological polar surface area (TPSA) is 29.5 Å². The van der Waals surface area contributed by atoms with Crippen LogP contribution in [0.15, 0.2) is 209 Å². The molecule has 0 spiro atoms.